The number of hydrogen-bond donors (Lipinski definition) is 1. The van der Waals surface area contributed by atoms with Crippen LogP contribution in [-0.4, -0.2) is 24.3 Å². The highest BCUT2D eigenvalue weighted by Crippen LogP contribution is 2.43. The molecule has 0 radical (unpaired) electrons. The normalized spacial score (nSPS) is 24.7. The molecule has 1 saturated carbocycles. The van der Waals surface area contributed by atoms with E-state index in [9.17, 15) is 4.79 Å². The molecule has 1 unspecified atom stereocenters. The van der Waals surface area contributed by atoms with Crippen LogP contribution in [0.1, 0.15) is 42.5 Å². The Morgan fingerprint density at radius 2 is 2.26 bits per heavy atom. The summed E-state index contributed by atoms with van der Waals surface area (Å²) in [6.45, 7) is 0.689. The summed E-state index contributed by atoms with van der Waals surface area (Å²) in [5.74, 6) is -0.284. The van der Waals surface area contributed by atoms with Gasteiger partial charge in [0.25, 0.3) is 0 Å². The van der Waals surface area contributed by atoms with Crippen molar-refractivity contribution < 1.29 is 14.3 Å². The highest BCUT2D eigenvalue weighted by Gasteiger charge is 2.43. The zero-order valence-corrected chi connectivity index (χ0v) is 10.9. The van der Waals surface area contributed by atoms with Crippen molar-refractivity contribution in [2.24, 2.45) is 0 Å². The zero-order chi connectivity index (χ0) is 13.3. The van der Waals surface area contributed by atoms with E-state index in [1.54, 1.807) is 24.3 Å². The van der Waals surface area contributed by atoms with Crippen LogP contribution >= 0.6 is 0 Å². The lowest BCUT2D eigenvalue weighted by Crippen LogP contribution is -2.48. The molecule has 3 rings (SSSR count). The summed E-state index contributed by atoms with van der Waals surface area (Å²) < 4.78 is 11.4. The third-order valence-electron chi connectivity index (χ3n) is 4.11. The molecule has 102 valence electrons. The Morgan fingerprint density at radius 3 is 2.95 bits per heavy atom. The van der Waals surface area contributed by atoms with Crippen molar-refractivity contribution in [1.29, 1.82) is 0 Å². The average Bonchev–Trinajstić information content (AvgIpc) is 2.37. The van der Waals surface area contributed by atoms with Gasteiger partial charge in [-0.1, -0.05) is 6.07 Å². The highest BCUT2D eigenvalue weighted by atomic mass is 16.6. The summed E-state index contributed by atoms with van der Waals surface area (Å²) in [5, 5.41) is 0. The van der Waals surface area contributed by atoms with E-state index in [-0.39, 0.29) is 17.7 Å². The largest absolute Gasteiger partial charge is 0.459 e. The van der Waals surface area contributed by atoms with Crippen molar-refractivity contribution in [3.8, 4) is 0 Å². The van der Waals surface area contributed by atoms with Gasteiger partial charge in [-0.05, 0) is 37.5 Å². The number of carbonyl (C=O) groups is 1. The quantitative estimate of drug-likeness (QED) is 0.656. The first-order valence-corrected chi connectivity index (χ1v) is 6.87. The maximum absolute atomic E-state index is 12.1. The fourth-order valence-corrected chi connectivity index (χ4v) is 2.89. The second-order valence-corrected chi connectivity index (χ2v) is 5.53. The predicted octanol–water partition coefficient (Wildman–Crippen LogP) is 2.53. The van der Waals surface area contributed by atoms with Gasteiger partial charge < -0.3 is 15.2 Å². The Labute approximate surface area is 112 Å². The molecule has 0 amide bonds. The number of esters is 1. The van der Waals surface area contributed by atoms with Crippen molar-refractivity contribution in [1.82, 2.24) is 0 Å². The van der Waals surface area contributed by atoms with Crippen molar-refractivity contribution >= 4 is 11.7 Å². The summed E-state index contributed by atoms with van der Waals surface area (Å²) in [4.78, 5) is 12.1. The average molecular weight is 261 g/mol. The van der Waals surface area contributed by atoms with Gasteiger partial charge in [-0.15, -0.1) is 0 Å². The first kappa shape index (κ1) is 12.5. The molecule has 0 bridgehead atoms. The van der Waals surface area contributed by atoms with E-state index in [4.69, 9.17) is 15.2 Å². The Kier molecular flexibility index (Phi) is 3.19. The van der Waals surface area contributed by atoms with E-state index in [0.717, 1.165) is 25.7 Å². The molecule has 1 aliphatic carbocycles. The number of hydrogen-bond acceptors (Lipinski definition) is 4. The van der Waals surface area contributed by atoms with E-state index >= 15 is 0 Å². The second-order valence-electron chi connectivity index (χ2n) is 5.53. The number of carbonyl (C=O) groups excluding carboxylic acids is 1. The Hall–Kier alpha value is -1.55. The molecular formula is C15H19NO3. The van der Waals surface area contributed by atoms with Gasteiger partial charge >= 0.3 is 5.97 Å². The number of benzene rings is 1. The van der Waals surface area contributed by atoms with Gasteiger partial charge in [0.15, 0.2) is 0 Å². The molecule has 2 N–H and O–H groups in total. The molecule has 4 heteroatoms. The molecule has 1 aliphatic heterocycles. The van der Waals surface area contributed by atoms with Crippen LogP contribution in [0.5, 0.6) is 0 Å². The summed E-state index contributed by atoms with van der Waals surface area (Å²) in [6.07, 6.45) is 5.01. The molecule has 0 aromatic heterocycles. The Bertz CT molecular complexity index is 482. The molecule has 1 atom stereocenters. The monoisotopic (exact) mass is 261 g/mol. The molecule has 1 heterocycles. The number of nitrogen functional groups attached to an aromatic ring is 1. The molecule has 1 spiro atoms. The first-order valence-electron chi connectivity index (χ1n) is 6.87. The van der Waals surface area contributed by atoms with E-state index in [1.807, 2.05) is 0 Å². The van der Waals surface area contributed by atoms with Crippen LogP contribution in [0.2, 0.25) is 0 Å². The van der Waals surface area contributed by atoms with Crippen molar-refractivity contribution in [3.05, 3.63) is 29.8 Å². The smallest absolute Gasteiger partial charge is 0.338 e. The van der Waals surface area contributed by atoms with E-state index in [1.165, 1.54) is 6.42 Å². The fourth-order valence-electron chi connectivity index (χ4n) is 2.89. The lowest BCUT2D eigenvalue weighted by atomic mass is 9.74. The molecule has 1 saturated heterocycles. The van der Waals surface area contributed by atoms with Crippen LogP contribution in [-0.2, 0) is 9.47 Å². The lowest BCUT2D eigenvalue weighted by Gasteiger charge is -2.46. The zero-order valence-electron chi connectivity index (χ0n) is 10.9. The van der Waals surface area contributed by atoms with Crippen molar-refractivity contribution in [3.63, 3.8) is 0 Å². The summed E-state index contributed by atoms with van der Waals surface area (Å²) >= 11 is 0. The van der Waals surface area contributed by atoms with Crippen LogP contribution in [0.25, 0.3) is 0 Å². The number of nitrogens with two attached hydrogens (primary N) is 1. The summed E-state index contributed by atoms with van der Waals surface area (Å²) in [5.41, 5.74) is 6.78. The van der Waals surface area contributed by atoms with Gasteiger partial charge in [0, 0.05) is 18.5 Å². The molecule has 1 aromatic rings. The minimum atomic E-state index is -0.284. The number of ether oxygens (including phenoxy) is 2. The van der Waals surface area contributed by atoms with Gasteiger partial charge in [0.2, 0.25) is 0 Å². The number of anilines is 1. The predicted molar refractivity (Wildman–Crippen MR) is 71.8 cm³/mol. The molecule has 19 heavy (non-hydrogen) atoms. The minimum absolute atomic E-state index is 0.00108. The highest BCUT2D eigenvalue weighted by molar-refractivity contribution is 5.90. The van der Waals surface area contributed by atoms with E-state index in [0.29, 0.717) is 17.9 Å². The first-order chi connectivity index (χ1) is 9.17. The maximum atomic E-state index is 12.1. The molecule has 1 aromatic carbocycles. The van der Waals surface area contributed by atoms with Gasteiger partial charge in [-0.2, -0.15) is 0 Å². The van der Waals surface area contributed by atoms with Gasteiger partial charge in [0.05, 0.1) is 17.8 Å². The molecule has 4 nitrogen and oxygen atoms in total. The minimum Gasteiger partial charge on any atom is -0.459 e. The standard InChI is InChI=1S/C15H19NO3/c16-12-4-1-3-11(9-12)14(17)19-13-5-8-18-15(10-13)6-2-7-15/h1,3-4,9,13H,2,5-8,10,16H2. The Balaban J connectivity index is 1.63. The van der Waals surface area contributed by atoms with Crippen LogP contribution in [0.15, 0.2) is 24.3 Å². The molecule has 2 aliphatic rings. The van der Waals surface area contributed by atoms with E-state index < -0.39 is 0 Å². The maximum Gasteiger partial charge on any atom is 0.338 e. The SMILES string of the molecule is Nc1cccc(C(=O)OC2CCOC3(CCC3)C2)c1. The van der Waals surface area contributed by atoms with Gasteiger partial charge in [-0.25, -0.2) is 4.79 Å². The van der Waals surface area contributed by atoms with Gasteiger partial charge in [-0.3, -0.25) is 0 Å². The third-order valence-corrected chi connectivity index (χ3v) is 4.11. The van der Waals surface area contributed by atoms with Crippen LogP contribution < -0.4 is 5.73 Å². The number of rotatable bonds is 2. The third kappa shape index (κ3) is 2.59. The lowest BCUT2D eigenvalue weighted by molar-refractivity contribution is -0.159. The van der Waals surface area contributed by atoms with Gasteiger partial charge in [0.1, 0.15) is 6.10 Å². The topological polar surface area (TPSA) is 61.6 Å². The van der Waals surface area contributed by atoms with Crippen molar-refractivity contribution in [2.75, 3.05) is 12.3 Å². The van der Waals surface area contributed by atoms with Crippen LogP contribution in [0.4, 0.5) is 5.69 Å². The summed E-state index contributed by atoms with van der Waals surface area (Å²) in [6, 6.07) is 6.91. The van der Waals surface area contributed by atoms with E-state index in [2.05, 4.69) is 0 Å². The molecular weight excluding hydrogens is 242 g/mol. The van der Waals surface area contributed by atoms with Crippen LogP contribution in [0.3, 0.4) is 0 Å². The van der Waals surface area contributed by atoms with Crippen LogP contribution in [0, 0.1) is 0 Å². The molecule has 2 fully saturated rings. The Morgan fingerprint density at radius 1 is 1.42 bits per heavy atom. The summed E-state index contributed by atoms with van der Waals surface area (Å²) in [7, 11) is 0. The fraction of sp³-hybridized carbons (Fsp3) is 0.533. The second kappa shape index (κ2) is 4.85. The van der Waals surface area contributed by atoms with Crippen molar-refractivity contribution in [2.45, 2.75) is 43.8 Å².